The van der Waals surface area contributed by atoms with E-state index >= 15 is 0 Å². The maximum Gasteiger partial charge on any atom is 0.419 e. The first-order chi connectivity index (χ1) is 12.6. The minimum absolute atomic E-state index is 0.0487. The number of hydrogen-bond donors (Lipinski definition) is 2. The van der Waals surface area contributed by atoms with Crippen molar-refractivity contribution in [2.45, 2.75) is 50.8 Å². The second-order valence-electron chi connectivity index (χ2n) is 7.53. The van der Waals surface area contributed by atoms with E-state index in [2.05, 4.69) is 6.92 Å². The predicted octanol–water partition coefficient (Wildman–Crippen LogP) is 4.57. The first-order valence-electron chi connectivity index (χ1n) is 8.87. The van der Waals surface area contributed by atoms with Crippen LogP contribution in [-0.2, 0) is 11.0 Å². The monoisotopic (exact) mass is 401 g/mol. The molecule has 0 spiro atoms. The first kappa shape index (κ1) is 20.1. The van der Waals surface area contributed by atoms with Gasteiger partial charge < -0.3 is 15.1 Å². The Labute approximate surface area is 160 Å². The standard InChI is InChI=1S/C19H22F3NO3S/c1-18(7-3-2-4-8-18)11-23-16(25)15(27-17(23)26)10-12-5-6-14(24)13(9-12)19(20,21)22/h5-6,9-10,17,24,26H,2-4,7-8,11H2,1H3/b15-10-. The van der Waals surface area contributed by atoms with Crippen molar-refractivity contribution in [3.63, 3.8) is 0 Å². The lowest BCUT2D eigenvalue weighted by Crippen LogP contribution is -2.41. The van der Waals surface area contributed by atoms with Gasteiger partial charge in [0.05, 0.1) is 10.5 Å². The maximum atomic E-state index is 12.9. The van der Waals surface area contributed by atoms with E-state index in [4.69, 9.17) is 0 Å². The molecule has 8 heteroatoms. The Morgan fingerprint density at radius 1 is 1.30 bits per heavy atom. The number of phenols is 1. The molecule has 1 amide bonds. The molecule has 4 nitrogen and oxygen atoms in total. The van der Waals surface area contributed by atoms with Gasteiger partial charge in [0.2, 0.25) is 0 Å². The topological polar surface area (TPSA) is 60.8 Å². The fourth-order valence-electron chi connectivity index (χ4n) is 3.71. The van der Waals surface area contributed by atoms with E-state index in [0.29, 0.717) is 6.54 Å². The van der Waals surface area contributed by atoms with Gasteiger partial charge in [0.15, 0.2) is 5.56 Å². The quantitative estimate of drug-likeness (QED) is 0.729. The number of aromatic hydroxyl groups is 1. The van der Waals surface area contributed by atoms with Crippen molar-refractivity contribution < 1.29 is 28.2 Å². The fraction of sp³-hybridized carbons (Fsp3) is 0.526. The van der Waals surface area contributed by atoms with Gasteiger partial charge in [0.1, 0.15) is 5.75 Å². The SMILES string of the molecule is CC1(CN2C(=O)/C(=C/c3ccc(O)c(C(F)(F)F)c3)SC2O)CCCCC1. The normalized spacial score (nSPS) is 24.6. The lowest BCUT2D eigenvalue weighted by atomic mass is 9.75. The molecule has 0 aromatic heterocycles. The summed E-state index contributed by atoms with van der Waals surface area (Å²) in [7, 11) is 0. The van der Waals surface area contributed by atoms with Crippen LogP contribution in [0.25, 0.3) is 6.08 Å². The highest BCUT2D eigenvalue weighted by atomic mass is 32.2. The van der Waals surface area contributed by atoms with Gasteiger partial charge in [0, 0.05) is 6.54 Å². The van der Waals surface area contributed by atoms with Crippen LogP contribution >= 0.6 is 11.8 Å². The Balaban J connectivity index is 1.81. The van der Waals surface area contributed by atoms with Gasteiger partial charge in [-0.3, -0.25) is 4.79 Å². The van der Waals surface area contributed by atoms with E-state index in [-0.39, 0.29) is 21.8 Å². The average Bonchev–Trinajstić information content (AvgIpc) is 2.83. The Hall–Kier alpha value is -1.67. The minimum atomic E-state index is -4.69. The zero-order valence-electron chi connectivity index (χ0n) is 14.9. The molecule has 2 aliphatic rings. The number of carbonyl (C=O) groups excluding carboxylic acids is 1. The van der Waals surface area contributed by atoms with Crippen molar-refractivity contribution >= 4 is 23.7 Å². The van der Waals surface area contributed by atoms with Gasteiger partial charge in [0.25, 0.3) is 5.91 Å². The highest BCUT2D eigenvalue weighted by Gasteiger charge is 2.40. The van der Waals surface area contributed by atoms with Gasteiger partial charge in [-0.1, -0.05) is 44.0 Å². The number of alkyl halides is 3. The van der Waals surface area contributed by atoms with Crippen molar-refractivity contribution in [3.05, 3.63) is 34.2 Å². The van der Waals surface area contributed by atoms with Crippen molar-refractivity contribution in [2.24, 2.45) is 5.41 Å². The molecule has 3 rings (SSSR count). The molecule has 2 fully saturated rings. The van der Waals surface area contributed by atoms with Crippen LogP contribution in [0.5, 0.6) is 5.75 Å². The molecule has 0 radical (unpaired) electrons. The molecule has 27 heavy (non-hydrogen) atoms. The number of aliphatic hydroxyl groups is 1. The molecular formula is C19H22F3NO3S. The number of nitrogens with zero attached hydrogens (tertiary/aromatic N) is 1. The number of rotatable bonds is 3. The lowest BCUT2D eigenvalue weighted by Gasteiger charge is -2.37. The Morgan fingerprint density at radius 3 is 2.59 bits per heavy atom. The van der Waals surface area contributed by atoms with Crippen molar-refractivity contribution in [1.82, 2.24) is 4.90 Å². The van der Waals surface area contributed by atoms with Crippen LogP contribution in [0.3, 0.4) is 0 Å². The molecule has 1 aliphatic carbocycles. The highest BCUT2D eigenvalue weighted by Crippen LogP contribution is 2.42. The molecule has 1 unspecified atom stereocenters. The van der Waals surface area contributed by atoms with Gasteiger partial charge in [-0.05, 0) is 42.0 Å². The highest BCUT2D eigenvalue weighted by molar-refractivity contribution is 8.05. The number of amides is 1. The van der Waals surface area contributed by atoms with Crippen molar-refractivity contribution in [2.75, 3.05) is 6.54 Å². The second kappa shape index (κ2) is 7.39. The van der Waals surface area contributed by atoms with Gasteiger partial charge >= 0.3 is 6.18 Å². The maximum absolute atomic E-state index is 12.9. The zero-order chi connectivity index (χ0) is 19.8. The number of hydrogen-bond acceptors (Lipinski definition) is 4. The minimum Gasteiger partial charge on any atom is -0.507 e. The molecule has 1 saturated heterocycles. The summed E-state index contributed by atoms with van der Waals surface area (Å²) >= 11 is 0.931. The van der Waals surface area contributed by atoms with Gasteiger partial charge in [-0.2, -0.15) is 13.2 Å². The van der Waals surface area contributed by atoms with Crippen LogP contribution in [-0.4, -0.2) is 33.1 Å². The van der Waals surface area contributed by atoms with E-state index in [1.807, 2.05) is 0 Å². The molecule has 1 atom stereocenters. The fourth-order valence-corrected chi connectivity index (χ4v) is 4.66. The van der Waals surface area contributed by atoms with E-state index in [0.717, 1.165) is 49.6 Å². The number of phenolic OH excluding ortho intramolecular Hbond substituents is 1. The van der Waals surface area contributed by atoms with Crippen molar-refractivity contribution in [3.8, 4) is 5.75 Å². The third-order valence-corrected chi connectivity index (χ3v) is 6.22. The molecule has 1 heterocycles. The number of aliphatic hydroxyl groups excluding tert-OH is 1. The number of halogens is 3. The van der Waals surface area contributed by atoms with Crippen LogP contribution in [0.15, 0.2) is 23.1 Å². The van der Waals surface area contributed by atoms with Crippen LogP contribution in [0.2, 0.25) is 0 Å². The molecule has 0 bridgehead atoms. The summed E-state index contributed by atoms with van der Waals surface area (Å²) in [5, 5.41) is 19.7. The predicted molar refractivity (Wildman–Crippen MR) is 97.6 cm³/mol. The Bertz CT molecular complexity index is 757. The second-order valence-corrected chi connectivity index (χ2v) is 8.63. The molecule has 1 aromatic rings. The van der Waals surface area contributed by atoms with Gasteiger partial charge in [-0.15, -0.1) is 0 Å². The summed E-state index contributed by atoms with van der Waals surface area (Å²) in [6.45, 7) is 2.54. The summed E-state index contributed by atoms with van der Waals surface area (Å²) in [5.41, 5.74) is -2.09. The van der Waals surface area contributed by atoms with Crippen LogP contribution < -0.4 is 0 Å². The number of carbonyl (C=O) groups is 1. The Morgan fingerprint density at radius 2 is 1.96 bits per heavy atom. The van der Waals surface area contributed by atoms with Crippen molar-refractivity contribution in [1.29, 1.82) is 0 Å². The van der Waals surface area contributed by atoms with Crippen LogP contribution in [0, 0.1) is 5.41 Å². The van der Waals surface area contributed by atoms with Crippen LogP contribution in [0.1, 0.15) is 50.2 Å². The van der Waals surface area contributed by atoms with E-state index < -0.39 is 23.0 Å². The molecule has 148 valence electrons. The van der Waals surface area contributed by atoms with E-state index in [9.17, 15) is 28.2 Å². The Kier molecular flexibility index (Phi) is 5.49. The lowest BCUT2D eigenvalue weighted by molar-refractivity contribution is -0.138. The molecular weight excluding hydrogens is 379 g/mol. The molecule has 2 N–H and O–H groups in total. The third kappa shape index (κ3) is 4.43. The van der Waals surface area contributed by atoms with Gasteiger partial charge in [-0.25, -0.2) is 0 Å². The first-order valence-corrected chi connectivity index (χ1v) is 9.75. The summed E-state index contributed by atoms with van der Waals surface area (Å²) in [4.78, 5) is 14.3. The zero-order valence-corrected chi connectivity index (χ0v) is 15.7. The summed E-state index contributed by atoms with van der Waals surface area (Å²) in [6, 6.07) is 3.06. The van der Waals surface area contributed by atoms with E-state index in [1.165, 1.54) is 23.5 Å². The molecule has 1 aromatic carbocycles. The summed E-state index contributed by atoms with van der Waals surface area (Å²) in [6.07, 6.45) is 1.98. The van der Waals surface area contributed by atoms with Crippen LogP contribution in [0.4, 0.5) is 13.2 Å². The molecule has 1 saturated carbocycles. The third-order valence-electron chi connectivity index (χ3n) is 5.21. The number of benzene rings is 1. The average molecular weight is 401 g/mol. The number of thioether (sulfide) groups is 1. The largest absolute Gasteiger partial charge is 0.507 e. The van der Waals surface area contributed by atoms with E-state index in [1.54, 1.807) is 0 Å². The summed E-state index contributed by atoms with van der Waals surface area (Å²) < 4.78 is 38.8. The summed E-state index contributed by atoms with van der Waals surface area (Å²) in [5.74, 6) is -1.23. The smallest absolute Gasteiger partial charge is 0.419 e. The molecule has 1 aliphatic heterocycles.